The van der Waals surface area contributed by atoms with Gasteiger partial charge in [-0.2, -0.15) is 0 Å². The van der Waals surface area contributed by atoms with Crippen molar-refractivity contribution in [3.05, 3.63) is 30.0 Å². The summed E-state index contributed by atoms with van der Waals surface area (Å²) in [6.07, 6.45) is 3.47. The molecule has 1 saturated heterocycles. The molecule has 0 bridgehead atoms. The Labute approximate surface area is 122 Å². The van der Waals surface area contributed by atoms with Crippen molar-refractivity contribution in [2.45, 2.75) is 25.4 Å². The summed E-state index contributed by atoms with van der Waals surface area (Å²) in [6.45, 7) is 1.31. The highest BCUT2D eigenvalue weighted by atomic mass is 32.1. The Hall–Kier alpha value is -1.59. The quantitative estimate of drug-likeness (QED) is 0.878. The second-order valence-corrected chi connectivity index (χ2v) is 5.36. The molecule has 3 rings (SSSR count). The lowest BCUT2D eigenvalue weighted by atomic mass is 10.1. The molecule has 0 saturated carbocycles. The normalized spacial score (nSPS) is 19.1. The predicted octanol–water partition coefficient (Wildman–Crippen LogP) is 3.01. The third-order valence-electron chi connectivity index (χ3n) is 3.46. The van der Waals surface area contributed by atoms with Crippen molar-refractivity contribution in [2.24, 2.45) is 5.73 Å². The SMILES string of the molecule is NC(=S)c1oc2ccccc2c1OCC1CCCCO1. The highest BCUT2D eigenvalue weighted by Gasteiger charge is 2.20. The van der Waals surface area contributed by atoms with Crippen molar-refractivity contribution in [3.63, 3.8) is 0 Å². The van der Waals surface area contributed by atoms with E-state index in [2.05, 4.69) is 0 Å². The van der Waals surface area contributed by atoms with Gasteiger partial charge in [0, 0.05) is 6.61 Å². The third kappa shape index (κ3) is 2.64. The number of hydrogen-bond acceptors (Lipinski definition) is 4. The van der Waals surface area contributed by atoms with Crippen molar-refractivity contribution in [3.8, 4) is 5.75 Å². The van der Waals surface area contributed by atoms with E-state index in [9.17, 15) is 0 Å². The maximum absolute atomic E-state index is 5.90. The molecule has 20 heavy (non-hydrogen) atoms. The molecule has 1 unspecified atom stereocenters. The largest absolute Gasteiger partial charge is 0.486 e. The number of furan rings is 1. The first kappa shape index (κ1) is 13.4. The number of nitrogens with two attached hydrogens (primary N) is 1. The molecule has 1 aromatic carbocycles. The van der Waals surface area contributed by atoms with Gasteiger partial charge in [-0.1, -0.05) is 24.4 Å². The lowest BCUT2D eigenvalue weighted by Gasteiger charge is -2.22. The number of ether oxygens (including phenoxy) is 2. The van der Waals surface area contributed by atoms with Crippen LogP contribution in [0.3, 0.4) is 0 Å². The van der Waals surface area contributed by atoms with Gasteiger partial charge in [-0.25, -0.2) is 0 Å². The van der Waals surface area contributed by atoms with Gasteiger partial charge in [0.15, 0.2) is 5.75 Å². The third-order valence-corrected chi connectivity index (χ3v) is 3.65. The van der Waals surface area contributed by atoms with Crippen LogP contribution in [0.1, 0.15) is 25.0 Å². The summed E-state index contributed by atoms with van der Waals surface area (Å²) < 4.78 is 17.2. The Morgan fingerprint density at radius 2 is 2.20 bits per heavy atom. The molecule has 0 spiro atoms. The summed E-state index contributed by atoms with van der Waals surface area (Å²) in [5.74, 6) is 1.07. The van der Waals surface area contributed by atoms with E-state index in [0.717, 1.165) is 30.4 Å². The molecule has 0 radical (unpaired) electrons. The Morgan fingerprint density at radius 3 is 2.95 bits per heavy atom. The van der Waals surface area contributed by atoms with Gasteiger partial charge in [0.05, 0.1) is 11.5 Å². The number of hydrogen-bond donors (Lipinski definition) is 1. The number of rotatable bonds is 4. The molecular formula is C15H17NO3S. The molecule has 2 N–H and O–H groups in total. The zero-order chi connectivity index (χ0) is 13.9. The molecule has 1 aliphatic rings. The van der Waals surface area contributed by atoms with Gasteiger partial charge in [-0.15, -0.1) is 0 Å². The van der Waals surface area contributed by atoms with Crippen LogP contribution in [0.25, 0.3) is 11.0 Å². The summed E-state index contributed by atoms with van der Waals surface area (Å²) >= 11 is 5.03. The minimum Gasteiger partial charge on any atom is -0.486 e. The van der Waals surface area contributed by atoms with Crippen molar-refractivity contribution in [1.29, 1.82) is 0 Å². The highest BCUT2D eigenvalue weighted by molar-refractivity contribution is 7.80. The second-order valence-electron chi connectivity index (χ2n) is 4.92. The van der Waals surface area contributed by atoms with Gasteiger partial charge in [-0.3, -0.25) is 0 Å². The Morgan fingerprint density at radius 1 is 1.35 bits per heavy atom. The maximum atomic E-state index is 5.90. The molecule has 1 aromatic heterocycles. The Balaban J connectivity index is 1.84. The van der Waals surface area contributed by atoms with Crippen LogP contribution in [0.5, 0.6) is 5.75 Å². The molecule has 4 nitrogen and oxygen atoms in total. The molecule has 2 aromatic rings. The minimum atomic E-state index is 0.136. The first-order valence-corrected chi connectivity index (χ1v) is 7.22. The molecule has 1 atom stereocenters. The molecule has 5 heteroatoms. The molecule has 0 aliphatic carbocycles. The zero-order valence-corrected chi connectivity index (χ0v) is 11.9. The fourth-order valence-electron chi connectivity index (χ4n) is 2.44. The fraction of sp³-hybridized carbons (Fsp3) is 0.400. The lowest BCUT2D eigenvalue weighted by Crippen LogP contribution is -2.26. The van der Waals surface area contributed by atoms with Crippen LogP contribution in [0.15, 0.2) is 28.7 Å². The van der Waals surface area contributed by atoms with E-state index in [4.69, 9.17) is 31.8 Å². The lowest BCUT2D eigenvalue weighted by molar-refractivity contribution is -0.0109. The van der Waals surface area contributed by atoms with Crippen LogP contribution in [-0.4, -0.2) is 24.3 Å². The van der Waals surface area contributed by atoms with Crippen LogP contribution in [0.4, 0.5) is 0 Å². The van der Waals surface area contributed by atoms with Gasteiger partial charge in [0.2, 0.25) is 5.76 Å². The van der Waals surface area contributed by atoms with E-state index in [1.165, 1.54) is 6.42 Å². The zero-order valence-electron chi connectivity index (χ0n) is 11.1. The minimum absolute atomic E-state index is 0.136. The average Bonchev–Trinajstić information content (AvgIpc) is 2.85. The molecule has 106 valence electrons. The van der Waals surface area contributed by atoms with Gasteiger partial charge < -0.3 is 19.6 Å². The maximum Gasteiger partial charge on any atom is 0.204 e. The summed E-state index contributed by atoms with van der Waals surface area (Å²) in [5, 5.41) is 0.895. The van der Waals surface area contributed by atoms with Gasteiger partial charge in [0.25, 0.3) is 0 Å². The number of para-hydroxylation sites is 1. The molecule has 1 aliphatic heterocycles. The first-order valence-electron chi connectivity index (χ1n) is 6.81. The van der Waals surface area contributed by atoms with Crippen LogP contribution >= 0.6 is 12.2 Å². The predicted molar refractivity (Wildman–Crippen MR) is 81.2 cm³/mol. The van der Waals surface area contributed by atoms with Crippen molar-refractivity contribution < 1.29 is 13.9 Å². The molecule has 0 amide bonds. The average molecular weight is 291 g/mol. The summed E-state index contributed by atoms with van der Waals surface area (Å²) in [5.41, 5.74) is 6.44. The van der Waals surface area contributed by atoms with Crippen LogP contribution in [-0.2, 0) is 4.74 Å². The van der Waals surface area contributed by atoms with E-state index in [1.54, 1.807) is 0 Å². The van der Waals surface area contributed by atoms with Crippen LogP contribution < -0.4 is 10.5 Å². The van der Waals surface area contributed by atoms with Gasteiger partial charge >= 0.3 is 0 Å². The monoisotopic (exact) mass is 291 g/mol. The second kappa shape index (κ2) is 5.81. The van der Waals surface area contributed by atoms with Crippen LogP contribution in [0.2, 0.25) is 0 Å². The Kier molecular flexibility index (Phi) is 3.89. The van der Waals surface area contributed by atoms with Crippen molar-refractivity contribution >= 4 is 28.2 Å². The van der Waals surface area contributed by atoms with Crippen molar-refractivity contribution in [1.82, 2.24) is 0 Å². The fourth-order valence-corrected chi connectivity index (χ4v) is 2.58. The number of thiocarbonyl (C=S) groups is 1. The molecule has 1 fully saturated rings. The number of benzene rings is 1. The number of fused-ring (bicyclic) bond motifs is 1. The first-order chi connectivity index (χ1) is 9.75. The standard InChI is InChI=1S/C15H17NO3S/c16-15(20)14-13(11-6-1-2-7-12(11)19-14)18-9-10-5-3-4-8-17-10/h1-2,6-7,10H,3-5,8-9H2,(H2,16,20). The van der Waals surface area contributed by atoms with E-state index in [-0.39, 0.29) is 11.1 Å². The van der Waals surface area contributed by atoms with E-state index in [1.807, 2.05) is 24.3 Å². The topological polar surface area (TPSA) is 57.6 Å². The summed E-state index contributed by atoms with van der Waals surface area (Å²) in [7, 11) is 0. The van der Waals surface area contributed by atoms with E-state index < -0.39 is 0 Å². The van der Waals surface area contributed by atoms with Crippen LogP contribution in [0, 0.1) is 0 Å². The smallest absolute Gasteiger partial charge is 0.204 e. The summed E-state index contributed by atoms with van der Waals surface area (Å²) in [4.78, 5) is 0.209. The molecular weight excluding hydrogens is 274 g/mol. The molecule has 2 heterocycles. The van der Waals surface area contributed by atoms with E-state index in [0.29, 0.717) is 18.1 Å². The van der Waals surface area contributed by atoms with Gasteiger partial charge in [0.1, 0.15) is 17.2 Å². The van der Waals surface area contributed by atoms with Gasteiger partial charge in [-0.05, 0) is 31.4 Å². The van der Waals surface area contributed by atoms with E-state index >= 15 is 0 Å². The summed E-state index contributed by atoms with van der Waals surface area (Å²) in [6, 6.07) is 7.66. The highest BCUT2D eigenvalue weighted by Crippen LogP contribution is 2.33. The Bertz CT molecular complexity index is 617. The van der Waals surface area contributed by atoms with Crippen molar-refractivity contribution in [2.75, 3.05) is 13.2 Å².